The van der Waals surface area contributed by atoms with Crippen molar-refractivity contribution in [3.05, 3.63) is 59.7 Å². The third kappa shape index (κ3) is 2.49. The fourth-order valence-corrected chi connectivity index (χ4v) is 2.93. The van der Waals surface area contributed by atoms with Gasteiger partial charge in [-0.05, 0) is 36.1 Å². The highest BCUT2D eigenvalue weighted by Gasteiger charge is 2.50. The van der Waals surface area contributed by atoms with Crippen LogP contribution in [0, 0.1) is 0 Å². The van der Waals surface area contributed by atoms with E-state index in [1.54, 1.807) is 14.2 Å². The minimum absolute atomic E-state index is 0.168. The molecule has 0 heterocycles. The van der Waals surface area contributed by atoms with E-state index in [1.807, 2.05) is 36.4 Å². The summed E-state index contributed by atoms with van der Waals surface area (Å²) >= 11 is 0. The number of aliphatic hydroxyl groups is 1. The van der Waals surface area contributed by atoms with Gasteiger partial charge in [-0.1, -0.05) is 30.3 Å². The van der Waals surface area contributed by atoms with Crippen molar-refractivity contribution in [3.8, 4) is 11.5 Å². The largest absolute Gasteiger partial charge is 0.497 e. The van der Waals surface area contributed by atoms with Crippen molar-refractivity contribution < 1.29 is 14.6 Å². The lowest BCUT2D eigenvalue weighted by atomic mass is 9.86. The number of hydrogen-bond acceptors (Lipinski definition) is 3. The van der Waals surface area contributed by atoms with Crippen molar-refractivity contribution in [1.29, 1.82) is 0 Å². The van der Waals surface area contributed by atoms with Crippen LogP contribution in [0.1, 0.15) is 30.1 Å². The second kappa shape index (κ2) is 5.41. The molecule has 3 rings (SSSR count). The van der Waals surface area contributed by atoms with Crippen LogP contribution in [0.2, 0.25) is 0 Å². The Morgan fingerprint density at radius 3 is 2.00 bits per heavy atom. The third-order valence-electron chi connectivity index (χ3n) is 4.35. The van der Waals surface area contributed by atoms with Gasteiger partial charge in [-0.15, -0.1) is 0 Å². The van der Waals surface area contributed by atoms with Crippen LogP contribution in [-0.4, -0.2) is 19.3 Å². The van der Waals surface area contributed by atoms with Crippen molar-refractivity contribution in [2.45, 2.75) is 24.4 Å². The minimum atomic E-state index is -0.552. The molecule has 0 aromatic heterocycles. The fraction of sp³-hybridized carbons (Fsp3) is 0.333. The monoisotopic (exact) mass is 284 g/mol. The second-order valence-corrected chi connectivity index (χ2v) is 5.57. The predicted octanol–water partition coefficient (Wildman–Crippen LogP) is 3.47. The Morgan fingerprint density at radius 1 is 0.952 bits per heavy atom. The maximum Gasteiger partial charge on any atom is 0.122 e. The summed E-state index contributed by atoms with van der Waals surface area (Å²) < 4.78 is 10.6. The Kier molecular flexibility index (Phi) is 3.60. The Morgan fingerprint density at radius 2 is 1.52 bits per heavy atom. The van der Waals surface area contributed by atoms with E-state index in [2.05, 4.69) is 12.1 Å². The summed E-state index contributed by atoms with van der Waals surface area (Å²) in [4.78, 5) is 0. The summed E-state index contributed by atoms with van der Waals surface area (Å²) in [5, 5.41) is 10.9. The lowest BCUT2D eigenvalue weighted by Gasteiger charge is -2.24. The van der Waals surface area contributed by atoms with Crippen LogP contribution in [0.4, 0.5) is 0 Å². The van der Waals surface area contributed by atoms with Crippen LogP contribution < -0.4 is 9.47 Å². The fourth-order valence-electron chi connectivity index (χ4n) is 2.93. The molecule has 0 spiro atoms. The van der Waals surface area contributed by atoms with E-state index in [4.69, 9.17) is 9.47 Å². The molecule has 1 fully saturated rings. The highest BCUT2D eigenvalue weighted by Crippen LogP contribution is 2.56. The molecule has 2 aromatic carbocycles. The number of rotatable bonds is 5. The average Bonchev–Trinajstić information content (AvgIpc) is 3.36. The quantitative estimate of drug-likeness (QED) is 0.913. The van der Waals surface area contributed by atoms with Crippen molar-refractivity contribution in [1.82, 2.24) is 0 Å². The molecule has 1 atom stereocenters. The molecule has 110 valence electrons. The molecule has 0 aliphatic heterocycles. The van der Waals surface area contributed by atoms with Gasteiger partial charge < -0.3 is 14.6 Å². The molecule has 1 saturated carbocycles. The van der Waals surface area contributed by atoms with Gasteiger partial charge in [0.2, 0.25) is 0 Å². The van der Waals surface area contributed by atoms with Crippen molar-refractivity contribution in [2.24, 2.45) is 0 Å². The van der Waals surface area contributed by atoms with E-state index < -0.39 is 6.10 Å². The zero-order valence-electron chi connectivity index (χ0n) is 12.4. The summed E-state index contributed by atoms with van der Waals surface area (Å²) in [6.45, 7) is 0. The molecule has 1 aliphatic carbocycles. The van der Waals surface area contributed by atoms with Crippen LogP contribution in [0.15, 0.2) is 48.5 Å². The maximum absolute atomic E-state index is 10.9. The van der Waals surface area contributed by atoms with Gasteiger partial charge in [0.15, 0.2) is 0 Å². The van der Waals surface area contributed by atoms with Gasteiger partial charge in [0, 0.05) is 11.5 Å². The molecule has 1 N–H and O–H groups in total. The van der Waals surface area contributed by atoms with E-state index >= 15 is 0 Å². The smallest absolute Gasteiger partial charge is 0.122 e. The van der Waals surface area contributed by atoms with Crippen LogP contribution >= 0.6 is 0 Å². The average molecular weight is 284 g/mol. The van der Waals surface area contributed by atoms with Gasteiger partial charge in [0.1, 0.15) is 11.5 Å². The van der Waals surface area contributed by atoms with E-state index in [9.17, 15) is 5.11 Å². The molecule has 3 heteroatoms. The standard InChI is InChI=1S/C18H20O3/c1-20-15-10-13(11-16(12-15)21-2)17(19)18(8-9-18)14-6-4-3-5-7-14/h3-7,10-12,17,19H,8-9H2,1-2H3. The van der Waals surface area contributed by atoms with E-state index in [0.29, 0.717) is 11.5 Å². The first-order valence-electron chi connectivity index (χ1n) is 7.16. The molecular formula is C18H20O3. The molecule has 0 amide bonds. The van der Waals surface area contributed by atoms with Gasteiger partial charge in [-0.3, -0.25) is 0 Å². The maximum atomic E-state index is 10.9. The summed E-state index contributed by atoms with van der Waals surface area (Å²) in [6, 6.07) is 15.8. The molecule has 1 unspecified atom stereocenters. The summed E-state index contributed by atoms with van der Waals surface area (Å²) in [5.74, 6) is 1.40. The van der Waals surface area contributed by atoms with E-state index in [-0.39, 0.29) is 5.41 Å². The van der Waals surface area contributed by atoms with Crippen molar-refractivity contribution in [2.75, 3.05) is 14.2 Å². The zero-order chi connectivity index (χ0) is 14.9. The van der Waals surface area contributed by atoms with Crippen LogP contribution in [-0.2, 0) is 5.41 Å². The number of benzene rings is 2. The van der Waals surface area contributed by atoms with Gasteiger partial charge in [-0.2, -0.15) is 0 Å². The highest BCUT2D eigenvalue weighted by molar-refractivity contribution is 5.43. The van der Waals surface area contributed by atoms with E-state index in [0.717, 1.165) is 18.4 Å². The number of methoxy groups -OCH3 is 2. The normalized spacial score (nSPS) is 17.1. The lowest BCUT2D eigenvalue weighted by Crippen LogP contribution is -2.18. The second-order valence-electron chi connectivity index (χ2n) is 5.57. The molecular weight excluding hydrogens is 264 g/mol. The Hall–Kier alpha value is -2.00. The van der Waals surface area contributed by atoms with Gasteiger partial charge >= 0.3 is 0 Å². The number of ether oxygens (including phenoxy) is 2. The SMILES string of the molecule is COc1cc(OC)cc(C(O)C2(c3ccccc3)CC2)c1. The van der Waals surface area contributed by atoms with Gasteiger partial charge in [-0.25, -0.2) is 0 Å². The molecule has 0 bridgehead atoms. The highest BCUT2D eigenvalue weighted by atomic mass is 16.5. The molecule has 0 saturated heterocycles. The topological polar surface area (TPSA) is 38.7 Å². The Bertz CT molecular complexity index is 595. The van der Waals surface area contributed by atoms with Crippen LogP contribution in [0.3, 0.4) is 0 Å². The third-order valence-corrected chi connectivity index (χ3v) is 4.35. The Labute approximate surface area is 125 Å². The number of hydrogen-bond donors (Lipinski definition) is 1. The Balaban J connectivity index is 1.97. The molecule has 21 heavy (non-hydrogen) atoms. The van der Waals surface area contributed by atoms with E-state index in [1.165, 1.54) is 5.56 Å². The first-order valence-corrected chi connectivity index (χ1v) is 7.16. The summed E-state index contributed by atoms with van der Waals surface area (Å²) in [7, 11) is 3.24. The lowest BCUT2D eigenvalue weighted by molar-refractivity contribution is 0.132. The summed E-state index contributed by atoms with van der Waals surface area (Å²) in [6.07, 6.45) is 1.44. The molecule has 1 aliphatic rings. The van der Waals surface area contributed by atoms with Crippen molar-refractivity contribution in [3.63, 3.8) is 0 Å². The zero-order valence-corrected chi connectivity index (χ0v) is 12.4. The first kappa shape index (κ1) is 14.0. The molecule has 0 radical (unpaired) electrons. The van der Waals surface area contributed by atoms with Gasteiger partial charge in [0.05, 0.1) is 20.3 Å². The molecule has 3 nitrogen and oxygen atoms in total. The van der Waals surface area contributed by atoms with Gasteiger partial charge in [0.25, 0.3) is 0 Å². The van der Waals surface area contributed by atoms with Crippen molar-refractivity contribution >= 4 is 0 Å². The first-order chi connectivity index (χ1) is 10.2. The molecule has 2 aromatic rings. The summed E-state index contributed by atoms with van der Waals surface area (Å²) in [5.41, 5.74) is 1.87. The minimum Gasteiger partial charge on any atom is -0.497 e. The van der Waals surface area contributed by atoms with Crippen LogP contribution in [0.25, 0.3) is 0 Å². The van der Waals surface area contributed by atoms with Crippen LogP contribution in [0.5, 0.6) is 11.5 Å². The number of aliphatic hydroxyl groups excluding tert-OH is 1. The predicted molar refractivity (Wildman–Crippen MR) is 81.9 cm³/mol.